The quantitative estimate of drug-likeness (QED) is 0.907. The Morgan fingerprint density at radius 1 is 1.29 bits per heavy atom. The van der Waals surface area contributed by atoms with Crippen molar-refractivity contribution in [2.24, 2.45) is 11.3 Å². The number of piperidine rings is 1. The van der Waals surface area contributed by atoms with Crippen LogP contribution >= 0.6 is 0 Å². The zero-order chi connectivity index (χ0) is 17.2. The van der Waals surface area contributed by atoms with Crippen LogP contribution in [0.3, 0.4) is 0 Å². The lowest BCUT2D eigenvalue weighted by molar-refractivity contribution is -0.138. The Morgan fingerprint density at radius 3 is 2.54 bits per heavy atom. The molecule has 4 nitrogen and oxygen atoms in total. The first-order chi connectivity index (χ1) is 11.5. The second-order valence-electron chi connectivity index (χ2n) is 7.66. The molecular formula is C20H26N2O2. The standard InChI is InChI=1S/C20H26N2O2/c1-15-2-3-17(14-21)18(12-15)22-10-8-20(9-11-22)6-4-16(5-7-20)13-19(23)24/h2-3,12,16H,4-11,13H2,1H3,(H,23,24). The number of carbonyl (C=O) groups is 1. The number of benzene rings is 1. The minimum absolute atomic E-state index is 0.330. The number of rotatable bonds is 3. The van der Waals surface area contributed by atoms with Gasteiger partial charge in [0, 0.05) is 19.5 Å². The Kier molecular flexibility index (Phi) is 4.80. The summed E-state index contributed by atoms with van der Waals surface area (Å²) >= 11 is 0. The lowest BCUT2D eigenvalue weighted by atomic mass is 9.65. The molecule has 1 spiro atoms. The molecular weight excluding hydrogens is 300 g/mol. The van der Waals surface area contributed by atoms with Crippen LogP contribution in [0.1, 0.15) is 56.1 Å². The predicted molar refractivity (Wildman–Crippen MR) is 94.0 cm³/mol. The molecule has 1 saturated heterocycles. The summed E-state index contributed by atoms with van der Waals surface area (Å²) in [5.41, 5.74) is 3.44. The first-order valence-electron chi connectivity index (χ1n) is 8.99. The number of nitriles is 1. The minimum Gasteiger partial charge on any atom is -0.481 e. The summed E-state index contributed by atoms with van der Waals surface area (Å²) in [4.78, 5) is 13.3. The van der Waals surface area contributed by atoms with E-state index in [2.05, 4.69) is 24.0 Å². The zero-order valence-corrected chi connectivity index (χ0v) is 14.4. The molecule has 0 unspecified atom stereocenters. The van der Waals surface area contributed by atoms with Crippen molar-refractivity contribution in [1.29, 1.82) is 5.26 Å². The van der Waals surface area contributed by atoms with Gasteiger partial charge in [0.15, 0.2) is 0 Å². The number of nitrogens with zero attached hydrogens (tertiary/aromatic N) is 2. The Morgan fingerprint density at radius 2 is 1.96 bits per heavy atom. The van der Waals surface area contributed by atoms with Crippen molar-refractivity contribution < 1.29 is 9.90 Å². The summed E-state index contributed by atoms with van der Waals surface area (Å²) in [6.07, 6.45) is 7.09. The third-order valence-electron chi connectivity index (χ3n) is 6.07. The van der Waals surface area contributed by atoms with Gasteiger partial charge in [-0.15, -0.1) is 0 Å². The average Bonchev–Trinajstić information content (AvgIpc) is 2.57. The molecule has 4 heteroatoms. The third-order valence-corrected chi connectivity index (χ3v) is 6.07. The van der Waals surface area contributed by atoms with Gasteiger partial charge in [0.25, 0.3) is 0 Å². The van der Waals surface area contributed by atoms with Crippen LogP contribution in [0.15, 0.2) is 18.2 Å². The van der Waals surface area contributed by atoms with Gasteiger partial charge < -0.3 is 10.0 Å². The predicted octanol–water partition coefficient (Wildman–Crippen LogP) is 4.12. The molecule has 1 heterocycles. The van der Waals surface area contributed by atoms with Gasteiger partial charge in [-0.3, -0.25) is 4.79 Å². The van der Waals surface area contributed by atoms with Crippen LogP contribution in [-0.4, -0.2) is 24.2 Å². The van der Waals surface area contributed by atoms with Gasteiger partial charge in [-0.2, -0.15) is 5.26 Å². The number of anilines is 1. The number of hydrogen-bond donors (Lipinski definition) is 1. The molecule has 1 saturated carbocycles. The normalized spacial score (nSPS) is 20.8. The molecule has 3 rings (SSSR count). The van der Waals surface area contributed by atoms with Crippen LogP contribution in [0, 0.1) is 29.6 Å². The van der Waals surface area contributed by atoms with Crippen LogP contribution in [0.4, 0.5) is 5.69 Å². The lowest BCUT2D eigenvalue weighted by Crippen LogP contribution is -2.42. The number of carboxylic acid groups (broad SMARTS) is 1. The number of aryl methyl sites for hydroxylation is 1. The van der Waals surface area contributed by atoms with E-state index in [4.69, 9.17) is 5.11 Å². The fourth-order valence-corrected chi connectivity index (χ4v) is 4.46. The maximum absolute atomic E-state index is 10.9. The molecule has 1 aliphatic carbocycles. The SMILES string of the molecule is Cc1ccc(C#N)c(N2CCC3(CCC(CC(=O)O)CC3)CC2)c1. The van der Waals surface area contributed by atoms with Gasteiger partial charge in [-0.25, -0.2) is 0 Å². The van der Waals surface area contributed by atoms with Crippen molar-refractivity contribution in [2.45, 2.75) is 51.9 Å². The van der Waals surface area contributed by atoms with Crippen molar-refractivity contribution in [3.63, 3.8) is 0 Å². The van der Waals surface area contributed by atoms with Crippen molar-refractivity contribution in [3.05, 3.63) is 29.3 Å². The van der Waals surface area contributed by atoms with Crippen molar-refractivity contribution in [3.8, 4) is 6.07 Å². The largest absolute Gasteiger partial charge is 0.481 e. The van der Waals surface area contributed by atoms with E-state index in [1.54, 1.807) is 0 Å². The molecule has 1 N–H and O–H groups in total. The van der Waals surface area contributed by atoms with Crippen LogP contribution in [-0.2, 0) is 4.79 Å². The summed E-state index contributed by atoms with van der Waals surface area (Å²) in [6.45, 7) is 4.07. The molecule has 2 fully saturated rings. The van der Waals surface area contributed by atoms with Gasteiger partial charge in [0.05, 0.1) is 11.3 Å². The first kappa shape index (κ1) is 16.8. The molecule has 0 amide bonds. The van der Waals surface area contributed by atoms with Gasteiger partial charge in [0.2, 0.25) is 0 Å². The maximum Gasteiger partial charge on any atom is 0.303 e. The molecule has 24 heavy (non-hydrogen) atoms. The average molecular weight is 326 g/mol. The molecule has 0 bridgehead atoms. The van der Waals surface area contributed by atoms with Crippen molar-refractivity contribution >= 4 is 11.7 Å². The smallest absolute Gasteiger partial charge is 0.303 e. The highest BCUT2D eigenvalue weighted by Crippen LogP contribution is 2.47. The van der Waals surface area contributed by atoms with Crippen molar-refractivity contribution in [1.82, 2.24) is 0 Å². The first-order valence-corrected chi connectivity index (χ1v) is 8.99. The number of carboxylic acids is 1. The van der Waals surface area contributed by atoms with E-state index in [0.29, 0.717) is 17.8 Å². The lowest BCUT2D eigenvalue weighted by Gasteiger charge is -2.46. The van der Waals surface area contributed by atoms with Crippen molar-refractivity contribution in [2.75, 3.05) is 18.0 Å². The van der Waals surface area contributed by atoms with Crippen LogP contribution in [0.2, 0.25) is 0 Å². The van der Waals surface area contributed by atoms with E-state index in [1.165, 1.54) is 5.56 Å². The molecule has 0 radical (unpaired) electrons. The summed E-state index contributed by atoms with van der Waals surface area (Å²) in [6, 6.07) is 8.36. The molecule has 0 aromatic heterocycles. The van der Waals surface area contributed by atoms with E-state index in [1.807, 2.05) is 12.1 Å². The Balaban J connectivity index is 1.62. The highest BCUT2D eigenvalue weighted by molar-refractivity contribution is 5.67. The fraction of sp³-hybridized carbons (Fsp3) is 0.600. The van der Waals surface area contributed by atoms with E-state index in [9.17, 15) is 10.1 Å². The van der Waals surface area contributed by atoms with Gasteiger partial charge in [-0.05, 0) is 74.5 Å². The molecule has 1 aromatic carbocycles. The number of aliphatic carboxylic acids is 1. The Hall–Kier alpha value is -2.02. The Labute approximate surface area is 144 Å². The van der Waals surface area contributed by atoms with Crippen LogP contribution < -0.4 is 4.90 Å². The van der Waals surface area contributed by atoms with Crippen LogP contribution in [0.25, 0.3) is 0 Å². The van der Waals surface area contributed by atoms with E-state index >= 15 is 0 Å². The second-order valence-corrected chi connectivity index (χ2v) is 7.66. The molecule has 1 aliphatic heterocycles. The zero-order valence-electron chi connectivity index (χ0n) is 14.4. The minimum atomic E-state index is -0.658. The van der Waals surface area contributed by atoms with E-state index < -0.39 is 5.97 Å². The van der Waals surface area contributed by atoms with Gasteiger partial charge in [0.1, 0.15) is 6.07 Å². The third kappa shape index (κ3) is 3.56. The maximum atomic E-state index is 10.9. The summed E-state index contributed by atoms with van der Waals surface area (Å²) < 4.78 is 0. The fourth-order valence-electron chi connectivity index (χ4n) is 4.46. The highest BCUT2D eigenvalue weighted by Gasteiger charge is 2.38. The molecule has 0 atom stereocenters. The van der Waals surface area contributed by atoms with Gasteiger partial charge in [-0.1, -0.05) is 6.07 Å². The van der Waals surface area contributed by atoms with Crippen LogP contribution in [0.5, 0.6) is 0 Å². The summed E-state index contributed by atoms with van der Waals surface area (Å²) in [5.74, 6) is -0.289. The molecule has 1 aromatic rings. The van der Waals surface area contributed by atoms with Gasteiger partial charge >= 0.3 is 5.97 Å². The summed E-state index contributed by atoms with van der Waals surface area (Å²) in [7, 11) is 0. The van der Waals surface area contributed by atoms with E-state index in [-0.39, 0.29) is 0 Å². The monoisotopic (exact) mass is 326 g/mol. The topological polar surface area (TPSA) is 64.3 Å². The molecule has 128 valence electrons. The molecule has 2 aliphatic rings. The second kappa shape index (κ2) is 6.84. The summed E-state index contributed by atoms with van der Waals surface area (Å²) in [5, 5.41) is 18.3. The van der Waals surface area contributed by atoms with E-state index in [0.717, 1.165) is 62.9 Å². The highest BCUT2D eigenvalue weighted by atomic mass is 16.4. The number of hydrogen-bond acceptors (Lipinski definition) is 3. The Bertz CT molecular complexity index is 644.